The normalized spacial score (nSPS) is 10.6. The number of Topliss-reactive ketones (excluding diaryl/α,β-unsaturated/α-hetero) is 1. The Labute approximate surface area is 167 Å². The Hall–Kier alpha value is -3.11. The number of carbonyl (C=O) groups is 2. The van der Waals surface area contributed by atoms with Crippen molar-refractivity contribution < 1.29 is 14.3 Å². The molecule has 6 nitrogen and oxygen atoms in total. The number of aromatic nitrogens is 2. The largest absolute Gasteiger partial charge is 0.462 e. The molecular formula is C21H19N3O3S. The number of imidazole rings is 1. The summed E-state index contributed by atoms with van der Waals surface area (Å²) in [6.07, 6.45) is 0. The van der Waals surface area contributed by atoms with Crippen molar-refractivity contribution in [2.45, 2.75) is 25.5 Å². The smallest absolute Gasteiger partial charge is 0.338 e. The Kier molecular flexibility index (Phi) is 6.12. The van der Waals surface area contributed by atoms with Gasteiger partial charge < -0.3 is 9.30 Å². The monoisotopic (exact) mass is 393 g/mol. The second-order valence-electron chi connectivity index (χ2n) is 5.96. The lowest BCUT2D eigenvalue weighted by Crippen LogP contribution is -2.05. The number of ether oxygens (including phenoxy) is 1. The van der Waals surface area contributed by atoms with Gasteiger partial charge in [0.2, 0.25) is 0 Å². The third kappa shape index (κ3) is 4.07. The first-order valence-electron chi connectivity index (χ1n) is 8.91. The van der Waals surface area contributed by atoms with Gasteiger partial charge in [0.05, 0.1) is 40.6 Å². The molecule has 0 bridgehead atoms. The summed E-state index contributed by atoms with van der Waals surface area (Å²) in [4.78, 5) is 29.0. The van der Waals surface area contributed by atoms with Crippen LogP contribution >= 0.6 is 11.8 Å². The van der Waals surface area contributed by atoms with E-state index in [-0.39, 0.29) is 17.5 Å². The number of esters is 1. The van der Waals surface area contributed by atoms with E-state index in [2.05, 4.69) is 4.98 Å². The van der Waals surface area contributed by atoms with Crippen molar-refractivity contribution in [3.8, 4) is 6.07 Å². The predicted octanol–water partition coefficient (Wildman–Crippen LogP) is 4.08. The molecule has 0 radical (unpaired) electrons. The van der Waals surface area contributed by atoms with E-state index in [0.717, 1.165) is 10.7 Å². The number of aryl methyl sites for hydroxylation is 1. The Bertz CT molecular complexity index is 1060. The lowest BCUT2D eigenvalue weighted by atomic mass is 10.1. The first kappa shape index (κ1) is 19.6. The molecule has 0 amide bonds. The molecule has 2 aromatic carbocycles. The molecule has 1 heterocycles. The minimum atomic E-state index is -0.374. The Morgan fingerprint density at radius 3 is 2.50 bits per heavy atom. The van der Waals surface area contributed by atoms with Crippen molar-refractivity contribution in [3.05, 3.63) is 59.2 Å². The molecule has 0 spiro atoms. The van der Waals surface area contributed by atoms with Crippen LogP contribution in [0.25, 0.3) is 11.0 Å². The fraction of sp³-hybridized carbons (Fsp3) is 0.238. The average molecular weight is 393 g/mol. The van der Waals surface area contributed by atoms with Gasteiger partial charge in [0.25, 0.3) is 0 Å². The summed E-state index contributed by atoms with van der Waals surface area (Å²) < 4.78 is 7.06. The molecular weight excluding hydrogens is 374 g/mol. The van der Waals surface area contributed by atoms with Crippen molar-refractivity contribution in [3.63, 3.8) is 0 Å². The van der Waals surface area contributed by atoms with Gasteiger partial charge in [-0.3, -0.25) is 4.79 Å². The minimum absolute atomic E-state index is 0.0311. The highest BCUT2D eigenvalue weighted by atomic mass is 32.2. The van der Waals surface area contributed by atoms with E-state index in [1.807, 2.05) is 23.6 Å². The highest BCUT2D eigenvalue weighted by Crippen LogP contribution is 2.26. The molecule has 0 saturated heterocycles. The number of carbonyl (C=O) groups excluding carboxylic acids is 2. The summed E-state index contributed by atoms with van der Waals surface area (Å²) in [5.74, 6) is -0.169. The van der Waals surface area contributed by atoms with Gasteiger partial charge in [-0.15, -0.1) is 0 Å². The maximum Gasteiger partial charge on any atom is 0.338 e. The van der Waals surface area contributed by atoms with Crippen LogP contribution in [0.3, 0.4) is 0 Å². The molecule has 3 aromatic rings. The van der Waals surface area contributed by atoms with Crippen molar-refractivity contribution in [2.75, 3.05) is 12.4 Å². The van der Waals surface area contributed by atoms with Crippen LogP contribution < -0.4 is 0 Å². The summed E-state index contributed by atoms with van der Waals surface area (Å²) in [7, 11) is 0. The Morgan fingerprint density at radius 1 is 1.14 bits per heavy atom. The van der Waals surface area contributed by atoms with Crippen molar-refractivity contribution in [2.24, 2.45) is 0 Å². The molecule has 142 valence electrons. The van der Waals surface area contributed by atoms with Gasteiger partial charge in [0.1, 0.15) is 0 Å². The second-order valence-corrected chi connectivity index (χ2v) is 6.91. The second kappa shape index (κ2) is 8.72. The van der Waals surface area contributed by atoms with Crippen LogP contribution in [0.2, 0.25) is 0 Å². The molecule has 28 heavy (non-hydrogen) atoms. The zero-order valence-corrected chi connectivity index (χ0v) is 16.5. The van der Waals surface area contributed by atoms with Gasteiger partial charge in [-0.2, -0.15) is 5.26 Å². The Balaban J connectivity index is 1.80. The van der Waals surface area contributed by atoms with Crippen LogP contribution in [0.4, 0.5) is 0 Å². The summed E-state index contributed by atoms with van der Waals surface area (Å²) in [6.45, 7) is 4.79. The highest BCUT2D eigenvalue weighted by Gasteiger charge is 2.15. The van der Waals surface area contributed by atoms with Gasteiger partial charge in [0.15, 0.2) is 10.9 Å². The molecule has 0 saturated carbocycles. The van der Waals surface area contributed by atoms with Crippen LogP contribution in [0.5, 0.6) is 0 Å². The summed E-state index contributed by atoms with van der Waals surface area (Å²) in [6, 6.07) is 13.9. The van der Waals surface area contributed by atoms with E-state index in [1.165, 1.54) is 11.8 Å². The Morgan fingerprint density at radius 2 is 1.86 bits per heavy atom. The van der Waals surface area contributed by atoms with Crippen LogP contribution in [0.15, 0.2) is 47.6 Å². The quantitative estimate of drug-likeness (QED) is 0.342. The number of nitriles is 1. The number of thioether (sulfide) groups is 1. The molecule has 1 aromatic heterocycles. The fourth-order valence-corrected chi connectivity index (χ4v) is 3.78. The standard InChI is InChI=1S/C21H19N3O3S/c1-3-24-18-10-9-16(20(26)27-4-2)11-17(18)23-21(24)28-13-19(25)15-7-5-14(12-22)6-8-15/h5-11H,3-4,13H2,1-2H3. The first-order valence-corrected chi connectivity index (χ1v) is 9.89. The lowest BCUT2D eigenvalue weighted by Gasteiger charge is -2.06. The predicted molar refractivity (Wildman–Crippen MR) is 108 cm³/mol. The molecule has 0 aliphatic heterocycles. The van der Waals surface area contributed by atoms with Crippen molar-refractivity contribution in [1.82, 2.24) is 9.55 Å². The third-order valence-electron chi connectivity index (χ3n) is 4.21. The molecule has 0 fully saturated rings. The van der Waals surface area contributed by atoms with Gasteiger partial charge in [0, 0.05) is 12.1 Å². The van der Waals surface area contributed by atoms with E-state index < -0.39 is 0 Å². The average Bonchev–Trinajstić information content (AvgIpc) is 3.08. The zero-order valence-electron chi connectivity index (χ0n) is 15.6. The minimum Gasteiger partial charge on any atom is -0.462 e. The molecule has 3 rings (SSSR count). The molecule has 7 heteroatoms. The lowest BCUT2D eigenvalue weighted by molar-refractivity contribution is 0.0526. The van der Waals surface area contributed by atoms with Crippen LogP contribution in [-0.2, 0) is 11.3 Å². The van der Waals surface area contributed by atoms with E-state index in [0.29, 0.717) is 35.4 Å². The van der Waals surface area contributed by atoms with Gasteiger partial charge >= 0.3 is 5.97 Å². The number of rotatable bonds is 7. The number of benzene rings is 2. The van der Waals surface area contributed by atoms with Gasteiger partial charge in [-0.1, -0.05) is 23.9 Å². The fourth-order valence-electron chi connectivity index (χ4n) is 2.81. The van der Waals surface area contributed by atoms with Gasteiger partial charge in [-0.25, -0.2) is 9.78 Å². The number of hydrogen-bond donors (Lipinski definition) is 0. The number of ketones is 1. The number of hydrogen-bond acceptors (Lipinski definition) is 6. The van der Waals surface area contributed by atoms with E-state index >= 15 is 0 Å². The van der Waals surface area contributed by atoms with E-state index in [9.17, 15) is 9.59 Å². The molecule has 0 atom stereocenters. The molecule has 0 aliphatic carbocycles. The molecule has 0 N–H and O–H groups in total. The summed E-state index contributed by atoms with van der Waals surface area (Å²) >= 11 is 1.36. The summed E-state index contributed by atoms with van der Waals surface area (Å²) in [5, 5.41) is 9.57. The van der Waals surface area contributed by atoms with Gasteiger partial charge in [-0.05, 0) is 44.2 Å². The van der Waals surface area contributed by atoms with Crippen molar-refractivity contribution >= 4 is 34.5 Å². The topological polar surface area (TPSA) is 85.0 Å². The number of nitrogens with zero attached hydrogens (tertiary/aromatic N) is 3. The van der Waals surface area contributed by atoms with E-state index in [1.54, 1.807) is 43.3 Å². The SMILES string of the molecule is CCOC(=O)c1ccc2c(c1)nc(SCC(=O)c1ccc(C#N)cc1)n2CC. The molecule has 0 unspecified atom stereocenters. The summed E-state index contributed by atoms with van der Waals surface area (Å²) in [5.41, 5.74) is 3.15. The maximum atomic E-state index is 12.4. The first-order chi connectivity index (χ1) is 13.6. The van der Waals surface area contributed by atoms with Crippen molar-refractivity contribution in [1.29, 1.82) is 5.26 Å². The van der Waals surface area contributed by atoms with Crippen LogP contribution in [0, 0.1) is 11.3 Å². The van der Waals surface area contributed by atoms with Crippen LogP contribution in [-0.4, -0.2) is 33.7 Å². The van der Waals surface area contributed by atoms with Crippen LogP contribution in [0.1, 0.15) is 40.1 Å². The highest BCUT2D eigenvalue weighted by molar-refractivity contribution is 7.99. The maximum absolute atomic E-state index is 12.4. The number of fused-ring (bicyclic) bond motifs is 1. The third-order valence-corrected chi connectivity index (χ3v) is 5.19. The zero-order chi connectivity index (χ0) is 20.1. The molecule has 0 aliphatic rings. The van der Waals surface area contributed by atoms with E-state index in [4.69, 9.17) is 10.00 Å².